The number of hydrogen-bond acceptors (Lipinski definition) is 3. The molecule has 1 amide bonds. The quantitative estimate of drug-likeness (QED) is 0.940. The molecule has 0 bridgehead atoms. The third-order valence-corrected chi connectivity index (χ3v) is 5.48. The van der Waals surface area contributed by atoms with Crippen LogP contribution in [0.15, 0.2) is 29.1 Å². The van der Waals surface area contributed by atoms with Gasteiger partial charge < -0.3 is 5.32 Å². The Kier molecular flexibility index (Phi) is 4.08. The molecular weight excluding hydrogens is 302 g/mol. The summed E-state index contributed by atoms with van der Waals surface area (Å²) in [7, 11) is 0. The standard InChI is InChI=1S/C19H23N3O2/c23-18(13-6-5-7-13)20-12-17-15-10-3-4-11-16(15)19(24)22(21-17)14-8-1-2-9-14/h3-4,10-11,13-14H,1-2,5-9,12H2,(H,20,23). The van der Waals surface area contributed by atoms with E-state index in [1.54, 1.807) is 4.68 Å². The monoisotopic (exact) mass is 325 g/mol. The molecule has 1 aromatic heterocycles. The van der Waals surface area contributed by atoms with E-state index in [-0.39, 0.29) is 23.4 Å². The summed E-state index contributed by atoms with van der Waals surface area (Å²) in [6, 6.07) is 7.79. The highest BCUT2D eigenvalue weighted by Gasteiger charge is 2.26. The lowest BCUT2D eigenvalue weighted by Gasteiger charge is -2.24. The van der Waals surface area contributed by atoms with Gasteiger partial charge in [0, 0.05) is 11.3 Å². The number of benzene rings is 1. The van der Waals surface area contributed by atoms with Crippen LogP contribution in [0, 0.1) is 5.92 Å². The zero-order valence-electron chi connectivity index (χ0n) is 13.8. The first-order valence-corrected chi connectivity index (χ1v) is 9.02. The molecule has 0 aliphatic heterocycles. The molecule has 0 atom stereocenters. The van der Waals surface area contributed by atoms with Crippen molar-refractivity contribution in [2.75, 3.05) is 0 Å². The zero-order valence-corrected chi connectivity index (χ0v) is 13.8. The van der Waals surface area contributed by atoms with Crippen molar-refractivity contribution in [3.8, 4) is 0 Å². The molecule has 2 fully saturated rings. The SMILES string of the molecule is O=C(NCc1nn(C2CCCC2)c(=O)c2ccccc12)C1CCC1. The van der Waals surface area contributed by atoms with Crippen LogP contribution >= 0.6 is 0 Å². The van der Waals surface area contributed by atoms with Crippen LogP contribution in [0.4, 0.5) is 0 Å². The van der Waals surface area contributed by atoms with Crippen molar-refractivity contribution in [3.63, 3.8) is 0 Å². The van der Waals surface area contributed by atoms with E-state index in [1.165, 1.54) is 0 Å². The fourth-order valence-corrected chi connectivity index (χ4v) is 3.79. The molecule has 2 aliphatic rings. The highest BCUT2D eigenvalue weighted by Crippen LogP contribution is 2.29. The van der Waals surface area contributed by atoms with Crippen LogP contribution in [0.3, 0.4) is 0 Å². The summed E-state index contributed by atoms with van der Waals surface area (Å²) in [5.74, 6) is 0.280. The van der Waals surface area contributed by atoms with Crippen molar-refractivity contribution in [2.24, 2.45) is 5.92 Å². The number of nitrogens with one attached hydrogen (secondary N) is 1. The van der Waals surface area contributed by atoms with Crippen molar-refractivity contribution in [1.82, 2.24) is 15.1 Å². The third-order valence-electron chi connectivity index (χ3n) is 5.48. The molecule has 0 saturated heterocycles. The van der Waals surface area contributed by atoms with Gasteiger partial charge in [-0.3, -0.25) is 9.59 Å². The maximum atomic E-state index is 12.8. The molecule has 2 aromatic rings. The van der Waals surface area contributed by atoms with Gasteiger partial charge in [-0.25, -0.2) is 4.68 Å². The van der Waals surface area contributed by atoms with Crippen molar-refractivity contribution in [2.45, 2.75) is 57.5 Å². The van der Waals surface area contributed by atoms with Crippen LogP contribution in [0.25, 0.3) is 10.8 Å². The van der Waals surface area contributed by atoms with Crippen LogP contribution in [0.2, 0.25) is 0 Å². The molecule has 1 heterocycles. The van der Waals surface area contributed by atoms with Crippen molar-refractivity contribution < 1.29 is 4.79 Å². The zero-order chi connectivity index (χ0) is 16.5. The summed E-state index contributed by atoms with van der Waals surface area (Å²) in [5.41, 5.74) is 0.788. The fraction of sp³-hybridized carbons (Fsp3) is 0.526. The van der Waals surface area contributed by atoms with Gasteiger partial charge >= 0.3 is 0 Å². The summed E-state index contributed by atoms with van der Waals surface area (Å²) in [6.07, 6.45) is 7.45. The molecule has 1 aromatic carbocycles. The second-order valence-electron chi connectivity index (χ2n) is 7.03. The van der Waals surface area contributed by atoms with E-state index < -0.39 is 0 Å². The van der Waals surface area contributed by atoms with Crippen LogP contribution in [0.5, 0.6) is 0 Å². The Balaban J connectivity index is 1.68. The first-order valence-electron chi connectivity index (χ1n) is 9.02. The normalized spacial score (nSPS) is 18.7. The second kappa shape index (κ2) is 6.38. The number of carbonyl (C=O) groups excluding carboxylic acids is 1. The highest BCUT2D eigenvalue weighted by molar-refractivity contribution is 5.84. The van der Waals surface area contributed by atoms with E-state index in [2.05, 4.69) is 10.4 Å². The van der Waals surface area contributed by atoms with Crippen LogP contribution in [-0.2, 0) is 11.3 Å². The van der Waals surface area contributed by atoms with Crippen molar-refractivity contribution >= 4 is 16.7 Å². The Hall–Kier alpha value is -2.17. The van der Waals surface area contributed by atoms with Gasteiger partial charge in [0.1, 0.15) is 0 Å². The van der Waals surface area contributed by atoms with Gasteiger partial charge in [-0.1, -0.05) is 37.5 Å². The number of nitrogens with zero attached hydrogens (tertiary/aromatic N) is 2. The molecule has 2 saturated carbocycles. The summed E-state index contributed by atoms with van der Waals surface area (Å²) in [5, 5.41) is 9.21. The van der Waals surface area contributed by atoms with Crippen molar-refractivity contribution in [1.29, 1.82) is 0 Å². The number of amides is 1. The highest BCUT2D eigenvalue weighted by atomic mass is 16.2. The average molecular weight is 325 g/mol. The Morgan fingerprint density at radius 2 is 1.79 bits per heavy atom. The van der Waals surface area contributed by atoms with E-state index >= 15 is 0 Å². The van der Waals surface area contributed by atoms with E-state index in [4.69, 9.17) is 0 Å². The molecule has 2 aliphatic carbocycles. The van der Waals surface area contributed by atoms with Gasteiger partial charge in [-0.15, -0.1) is 0 Å². The first-order chi connectivity index (χ1) is 11.7. The van der Waals surface area contributed by atoms with Gasteiger partial charge in [0.05, 0.1) is 23.7 Å². The molecule has 0 radical (unpaired) electrons. The van der Waals surface area contributed by atoms with E-state index in [9.17, 15) is 9.59 Å². The molecule has 24 heavy (non-hydrogen) atoms. The second-order valence-corrected chi connectivity index (χ2v) is 7.03. The summed E-state index contributed by atoms with van der Waals surface area (Å²) < 4.78 is 1.67. The molecule has 126 valence electrons. The number of aromatic nitrogens is 2. The third kappa shape index (κ3) is 2.72. The largest absolute Gasteiger partial charge is 0.350 e. The predicted molar refractivity (Wildman–Crippen MR) is 92.7 cm³/mol. The molecule has 0 spiro atoms. The molecule has 0 unspecified atom stereocenters. The number of carbonyl (C=O) groups is 1. The van der Waals surface area contributed by atoms with Gasteiger partial charge in [0.2, 0.25) is 5.91 Å². The van der Waals surface area contributed by atoms with E-state index in [0.717, 1.165) is 56.0 Å². The lowest BCUT2D eigenvalue weighted by Crippen LogP contribution is -2.35. The van der Waals surface area contributed by atoms with E-state index in [0.29, 0.717) is 11.9 Å². The lowest BCUT2D eigenvalue weighted by atomic mass is 9.85. The molecule has 4 rings (SSSR count). The van der Waals surface area contributed by atoms with Gasteiger partial charge in [0.15, 0.2) is 0 Å². The lowest BCUT2D eigenvalue weighted by molar-refractivity contribution is -0.127. The first kappa shape index (κ1) is 15.4. The molecule has 1 N–H and O–H groups in total. The predicted octanol–water partition coefficient (Wildman–Crippen LogP) is 2.93. The Morgan fingerprint density at radius 1 is 1.08 bits per heavy atom. The Bertz CT molecular complexity index is 817. The smallest absolute Gasteiger partial charge is 0.274 e. The maximum Gasteiger partial charge on any atom is 0.274 e. The number of fused-ring (bicyclic) bond motifs is 1. The van der Waals surface area contributed by atoms with Crippen LogP contribution in [-0.4, -0.2) is 15.7 Å². The molecular formula is C19H23N3O2. The summed E-state index contributed by atoms with van der Waals surface area (Å²) >= 11 is 0. The maximum absolute atomic E-state index is 12.8. The summed E-state index contributed by atoms with van der Waals surface area (Å²) in [6.45, 7) is 0.392. The van der Waals surface area contributed by atoms with Gasteiger partial charge in [-0.05, 0) is 31.7 Å². The minimum atomic E-state index is -0.00781. The van der Waals surface area contributed by atoms with Crippen LogP contribution in [0.1, 0.15) is 56.7 Å². The van der Waals surface area contributed by atoms with E-state index in [1.807, 2.05) is 24.3 Å². The Morgan fingerprint density at radius 3 is 2.46 bits per heavy atom. The Labute approximate surface area is 141 Å². The summed E-state index contributed by atoms with van der Waals surface area (Å²) in [4.78, 5) is 24.9. The minimum Gasteiger partial charge on any atom is -0.350 e. The topological polar surface area (TPSA) is 64.0 Å². The van der Waals surface area contributed by atoms with Gasteiger partial charge in [0.25, 0.3) is 5.56 Å². The van der Waals surface area contributed by atoms with Crippen molar-refractivity contribution in [3.05, 3.63) is 40.3 Å². The minimum absolute atomic E-state index is 0.00781. The number of hydrogen-bond donors (Lipinski definition) is 1. The van der Waals surface area contributed by atoms with Crippen LogP contribution < -0.4 is 10.9 Å². The number of rotatable bonds is 4. The molecule has 5 nitrogen and oxygen atoms in total. The molecule has 5 heteroatoms. The van der Waals surface area contributed by atoms with Gasteiger partial charge in [-0.2, -0.15) is 5.10 Å². The average Bonchev–Trinajstić information content (AvgIpc) is 3.07. The fourth-order valence-electron chi connectivity index (χ4n) is 3.79.